The molecular weight excluding hydrogens is 374 g/mol. The molecule has 0 bridgehead atoms. The van der Waals surface area contributed by atoms with Crippen molar-refractivity contribution in [2.24, 2.45) is 5.92 Å². The highest BCUT2D eigenvalue weighted by Crippen LogP contribution is 2.26. The molecule has 1 unspecified atom stereocenters. The Bertz CT molecular complexity index is 1070. The van der Waals surface area contributed by atoms with Gasteiger partial charge in [-0.05, 0) is 36.8 Å². The van der Waals surface area contributed by atoms with Gasteiger partial charge in [-0.15, -0.1) is 5.10 Å². The fourth-order valence-corrected chi connectivity index (χ4v) is 4.40. The fourth-order valence-electron chi connectivity index (χ4n) is 3.50. The number of piperidine rings is 1. The topological polar surface area (TPSA) is 79.6 Å². The number of aromatic nitrogens is 3. The molecule has 3 aromatic rings. The second kappa shape index (κ2) is 7.71. The van der Waals surface area contributed by atoms with Crippen LogP contribution < -0.4 is 15.8 Å². The molecule has 2 aromatic heterocycles. The number of hydrogen-bond donors (Lipinski definition) is 1. The van der Waals surface area contributed by atoms with Gasteiger partial charge in [-0.2, -0.15) is 4.52 Å². The van der Waals surface area contributed by atoms with E-state index in [4.69, 9.17) is 0 Å². The first-order valence-electron chi connectivity index (χ1n) is 9.49. The molecule has 4 rings (SSSR count). The van der Waals surface area contributed by atoms with Crippen molar-refractivity contribution in [3.8, 4) is 0 Å². The molecule has 0 aliphatic carbocycles. The van der Waals surface area contributed by atoms with E-state index in [9.17, 15) is 9.59 Å². The standard InChI is InChI=1S/C20H23N5O2S/c1-13-6-5-9-24(12-13)20-23-25-18(27)16(11-22-19(25)28-20)17(26)21-10-15-8-4-3-7-14(15)2/h3-4,7-8,11,13H,5-6,9-10,12H2,1-2H3,(H,21,26). The highest BCUT2D eigenvalue weighted by Gasteiger charge is 2.22. The molecule has 8 heteroatoms. The zero-order valence-corrected chi connectivity index (χ0v) is 16.8. The third-order valence-electron chi connectivity index (χ3n) is 5.15. The van der Waals surface area contributed by atoms with Gasteiger partial charge in [0.1, 0.15) is 5.56 Å². The molecule has 0 spiro atoms. The Morgan fingerprint density at radius 3 is 2.96 bits per heavy atom. The molecule has 1 aliphatic heterocycles. The third kappa shape index (κ3) is 3.64. The van der Waals surface area contributed by atoms with Gasteiger partial charge in [0.05, 0.1) is 0 Å². The van der Waals surface area contributed by atoms with Gasteiger partial charge < -0.3 is 10.2 Å². The summed E-state index contributed by atoms with van der Waals surface area (Å²) in [5, 5.41) is 8.05. The Kier molecular flexibility index (Phi) is 5.13. The van der Waals surface area contributed by atoms with Crippen LogP contribution in [0.1, 0.15) is 41.3 Å². The lowest BCUT2D eigenvalue weighted by molar-refractivity contribution is 0.0948. The van der Waals surface area contributed by atoms with Crippen LogP contribution in [0, 0.1) is 12.8 Å². The normalized spacial score (nSPS) is 17.1. The number of carbonyl (C=O) groups excluding carboxylic acids is 1. The van der Waals surface area contributed by atoms with Crippen molar-refractivity contribution in [1.82, 2.24) is 19.9 Å². The molecule has 1 fully saturated rings. The Balaban J connectivity index is 1.56. The Morgan fingerprint density at radius 1 is 1.36 bits per heavy atom. The summed E-state index contributed by atoms with van der Waals surface area (Å²) in [6.07, 6.45) is 3.68. The van der Waals surface area contributed by atoms with Crippen LogP contribution in [0.5, 0.6) is 0 Å². The van der Waals surface area contributed by atoms with E-state index in [0.29, 0.717) is 17.4 Å². The molecule has 0 radical (unpaired) electrons. The van der Waals surface area contributed by atoms with E-state index in [1.54, 1.807) is 0 Å². The van der Waals surface area contributed by atoms with Crippen molar-refractivity contribution in [3.63, 3.8) is 0 Å². The molecule has 1 aliphatic rings. The van der Waals surface area contributed by atoms with Crippen molar-refractivity contribution in [2.45, 2.75) is 33.2 Å². The number of amides is 1. The number of aryl methyl sites for hydroxylation is 1. The van der Waals surface area contributed by atoms with Gasteiger partial charge in [-0.1, -0.05) is 42.5 Å². The van der Waals surface area contributed by atoms with E-state index < -0.39 is 11.5 Å². The van der Waals surface area contributed by atoms with Gasteiger partial charge in [-0.25, -0.2) is 4.98 Å². The van der Waals surface area contributed by atoms with Crippen molar-refractivity contribution in [2.75, 3.05) is 18.0 Å². The van der Waals surface area contributed by atoms with Crippen LogP contribution >= 0.6 is 11.3 Å². The van der Waals surface area contributed by atoms with Gasteiger partial charge >= 0.3 is 0 Å². The highest BCUT2D eigenvalue weighted by atomic mass is 32.1. The molecule has 1 saturated heterocycles. The molecule has 0 saturated carbocycles. The van der Waals surface area contributed by atoms with Crippen LogP contribution in [0.25, 0.3) is 4.96 Å². The van der Waals surface area contributed by atoms with Gasteiger partial charge in [-0.3, -0.25) is 9.59 Å². The summed E-state index contributed by atoms with van der Waals surface area (Å²) in [4.78, 5) is 32.4. The average molecular weight is 398 g/mol. The maximum absolute atomic E-state index is 12.8. The first-order valence-corrected chi connectivity index (χ1v) is 10.3. The van der Waals surface area contributed by atoms with E-state index in [0.717, 1.165) is 35.8 Å². The van der Waals surface area contributed by atoms with Crippen LogP contribution in [0.15, 0.2) is 35.3 Å². The number of fused-ring (bicyclic) bond motifs is 1. The third-order valence-corrected chi connectivity index (χ3v) is 6.13. The van der Waals surface area contributed by atoms with Crippen molar-refractivity contribution in [3.05, 3.63) is 57.5 Å². The number of hydrogen-bond acceptors (Lipinski definition) is 6. The molecule has 28 heavy (non-hydrogen) atoms. The molecule has 7 nitrogen and oxygen atoms in total. The quantitative estimate of drug-likeness (QED) is 0.732. The van der Waals surface area contributed by atoms with Gasteiger partial charge in [0.25, 0.3) is 11.5 Å². The molecule has 1 atom stereocenters. The Labute approximate surface area is 167 Å². The van der Waals surface area contributed by atoms with Crippen LogP contribution in [-0.2, 0) is 6.54 Å². The molecular formula is C20H23N5O2S. The minimum atomic E-state index is -0.434. The summed E-state index contributed by atoms with van der Waals surface area (Å²) in [7, 11) is 0. The van der Waals surface area contributed by atoms with Gasteiger partial charge in [0, 0.05) is 25.8 Å². The van der Waals surface area contributed by atoms with E-state index >= 15 is 0 Å². The first-order chi connectivity index (χ1) is 13.5. The van der Waals surface area contributed by atoms with Gasteiger partial charge in [0.15, 0.2) is 0 Å². The average Bonchev–Trinajstić information content (AvgIpc) is 3.13. The minimum absolute atomic E-state index is 0.00921. The number of rotatable bonds is 4. The molecule has 1 aromatic carbocycles. The number of nitrogens with zero attached hydrogens (tertiary/aromatic N) is 4. The lowest BCUT2D eigenvalue weighted by Crippen LogP contribution is -2.34. The van der Waals surface area contributed by atoms with E-state index in [-0.39, 0.29) is 5.56 Å². The Hall–Kier alpha value is -2.74. The molecule has 1 N–H and O–H groups in total. The SMILES string of the molecule is Cc1ccccc1CNC(=O)c1cnc2sc(N3CCCC(C)C3)nn2c1=O. The molecule has 146 valence electrons. The first kappa shape index (κ1) is 18.6. The van der Waals surface area contributed by atoms with E-state index in [1.165, 1.54) is 28.5 Å². The van der Waals surface area contributed by atoms with Gasteiger partial charge in [0.2, 0.25) is 10.1 Å². The summed E-state index contributed by atoms with van der Waals surface area (Å²) in [5.74, 6) is 0.171. The van der Waals surface area contributed by atoms with Crippen molar-refractivity contribution < 1.29 is 4.79 Å². The largest absolute Gasteiger partial charge is 0.348 e. The lowest BCUT2D eigenvalue weighted by Gasteiger charge is -2.30. The summed E-state index contributed by atoms with van der Waals surface area (Å²) < 4.78 is 1.25. The summed E-state index contributed by atoms with van der Waals surface area (Å²) in [6, 6.07) is 7.82. The number of nitrogens with one attached hydrogen (secondary N) is 1. The zero-order chi connectivity index (χ0) is 19.7. The number of benzene rings is 1. The van der Waals surface area contributed by atoms with E-state index in [2.05, 4.69) is 27.2 Å². The molecule has 1 amide bonds. The van der Waals surface area contributed by atoms with Crippen molar-refractivity contribution in [1.29, 1.82) is 0 Å². The van der Waals surface area contributed by atoms with Crippen molar-refractivity contribution >= 4 is 27.3 Å². The van der Waals surface area contributed by atoms with Crippen LogP contribution in [0.3, 0.4) is 0 Å². The second-order valence-corrected chi connectivity index (χ2v) is 8.29. The minimum Gasteiger partial charge on any atom is -0.348 e. The Morgan fingerprint density at radius 2 is 2.18 bits per heavy atom. The van der Waals surface area contributed by atoms with Crippen LogP contribution in [-0.4, -0.2) is 33.6 Å². The predicted molar refractivity (Wildman–Crippen MR) is 110 cm³/mol. The smallest absolute Gasteiger partial charge is 0.288 e. The molecule has 3 heterocycles. The summed E-state index contributed by atoms with van der Waals surface area (Å²) >= 11 is 1.39. The maximum Gasteiger partial charge on any atom is 0.288 e. The summed E-state index contributed by atoms with van der Waals surface area (Å²) in [5.41, 5.74) is 1.68. The number of carbonyl (C=O) groups is 1. The fraction of sp³-hybridized carbons (Fsp3) is 0.400. The monoisotopic (exact) mass is 397 g/mol. The lowest BCUT2D eigenvalue weighted by atomic mass is 10.0. The zero-order valence-electron chi connectivity index (χ0n) is 16.0. The van der Waals surface area contributed by atoms with Crippen LogP contribution in [0.4, 0.5) is 5.13 Å². The number of anilines is 1. The van der Waals surface area contributed by atoms with E-state index in [1.807, 2.05) is 31.2 Å². The highest BCUT2D eigenvalue weighted by molar-refractivity contribution is 7.20. The predicted octanol–water partition coefficient (Wildman–Crippen LogP) is 2.63. The van der Waals surface area contributed by atoms with Crippen LogP contribution in [0.2, 0.25) is 0 Å². The summed E-state index contributed by atoms with van der Waals surface area (Å²) in [6.45, 7) is 6.44. The second-order valence-electron chi connectivity index (χ2n) is 7.36. The maximum atomic E-state index is 12.8.